The number of benzene rings is 2. The van der Waals surface area contributed by atoms with Crippen LogP contribution in [0.25, 0.3) is 10.9 Å². The molecule has 0 bridgehead atoms. The minimum atomic E-state index is -4.78. The van der Waals surface area contributed by atoms with Crippen LogP contribution < -0.4 is 5.32 Å². The molecule has 1 unspecified atom stereocenters. The number of carbonyl (C=O) groups excluding carboxylic acids is 4. The van der Waals surface area contributed by atoms with E-state index >= 15 is 0 Å². The number of likely N-dealkylation sites (N-methyl/N-ethyl adjacent to an activating group) is 1. The highest BCUT2D eigenvalue weighted by atomic mass is 19.4. The number of fused-ring (bicyclic) bond motifs is 1. The van der Waals surface area contributed by atoms with Crippen LogP contribution in [0.15, 0.2) is 42.6 Å². The van der Waals surface area contributed by atoms with Crippen molar-refractivity contribution in [1.82, 2.24) is 30.2 Å². The summed E-state index contributed by atoms with van der Waals surface area (Å²) in [5.74, 6) is -3.68. The van der Waals surface area contributed by atoms with Crippen LogP contribution in [0, 0.1) is 11.7 Å². The average Bonchev–Trinajstić information content (AvgIpc) is 3.50. The summed E-state index contributed by atoms with van der Waals surface area (Å²) in [5, 5.41) is 10.1. The van der Waals surface area contributed by atoms with Gasteiger partial charge >= 0.3 is 12.2 Å². The summed E-state index contributed by atoms with van der Waals surface area (Å²) in [4.78, 5) is 57.0. The number of amides is 5. The Bertz CT molecular complexity index is 1600. The number of piperidine rings is 1. The summed E-state index contributed by atoms with van der Waals surface area (Å²) < 4.78 is 53.8. The van der Waals surface area contributed by atoms with E-state index in [4.69, 9.17) is 0 Å². The number of nitrogens with one attached hydrogen (secondary N) is 2. The van der Waals surface area contributed by atoms with Crippen molar-refractivity contribution in [2.75, 3.05) is 20.1 Å². The molecular weight excluding hydrogens is 572 g/mol. The maximum atomic E-state index is 14.3. The molecule has 0 saturated carbocycles. The molecule has 1 aromatic heterocycles. The normalized spacial score (nSPS) is 17.8. The predicted molar refractivity (Wildman–Crippen MR) is 146 cm³/mol. The summed E-state index contributed by atoms with van der Waals surface area (Å²) in [6, 6.07) is 5.44. The van der Waals surface area contributed by atoms with E-state index in [1.54, 1.807) is 20.0 Å². The second-order valence-corrected chi connectivity index (χ2v) is 11.3. The van der Waals surface area contributed by atoms with Crippen molar-refractivity contribution in [3.8, 4) is 0 Å². The Hall–Kier alpha value is -4.49. The van der Waals surface area contributed by atoms with Gasteiger partial charge in [0.1, 0.15) is 17.4 Å². The standard InChI is InChI=1S/C29H30F4N6O4/c1-16(2)23(35-24(40)20-13-19(29(31,32)33)5-6-21(20)30)25(41)38-10-8-28(9-11-38)26(42)37(3)27(43)39(28)15-17-4-7-22-18(12-17)14-34-36-22/h4-7,12-14,16,23H,8-11,15H2,1-3H3,(H,34,36)(H,35,40). The van der Waals surface area contributed by atoms with Crippen LogP contribution in [0.5, 0.6) is 0 Å². The molecule has 2 aliphatic rings. The van der Waals surface area contributed by atoms with Gasteiger partial charge in [0.2, 0.25) is 5.91 Å². The molecule has 5 amide bonds. The van der Waals surface area contributed by atoms with Gasteiger partial charge < -0.3 is 15.1 Å². The fraction of sp³-hybridized carbons (Fsp3) is 0.414. The lowest BCUT2D eigenvalue weighted by Gasteiger charge is -2.43. The van der Waals surface area contributed by atoms with Crippen LogP contribution in [0.3, 0.4) is 0 Å². The number of aromatic amines is 1. The molecule has 2 aromatic carbocycles. The largest absolute Gasteiger partial charge is 0.416 e. The molecule has 1 spiro atoms. The van der Waals surface area contributed by atoms with Gasteiger partial charge in [-0.05, 0) is 54.7 Å². The summed E-state index contributed by atoms with van der Waals surface area (Å²) >= 11 is 0. The van der Waals surface area contributed by atoms with E-state index in [0.29, 0.717) is 18.2 Å². The van der Waals surface area contributed by atoms with Gasteiger partial charge in [-0.25, -0.2) is 9.18 Å². The molecule has 3 heterocycles. The van der Waals surface area contributed by atoms with Crippen LogP contribution >= 0.6 is 0 Å². The molecule has 228 valence electrons. The maximum absolute atomic E-state index is 14.3. The van der Waals surface area contributed by atoms with Gasteiger partial charge in [-0.1, -0.05) is 19.9 Å². The maximum Gasteiger partial charge on any atom is 0.416 e. The van der Waals surface area contributed by atoms with E-state index in [1.165, 1.54) is 16.8 Å². The van der Waals surface area contributed by atoms with Gasteiger partial charge in [0.15, 0.2) is 0 Å². The summed E-state index contributed by atoms with van der Waals surface area (Å²) in [6.45, 7) is 3.62. The molecule has 2 fully saturated rings. The number of urea groups is 1. The van der Waals surface area contributed by atoms with E-state index in [9.17, 15) is 36.7 Å². The van der Waals surface area contributed by atoms with Crippen molar-refractivity contribution >= 4 is 34.7 Å². The van der Waals surface area contributed by atoms with Crippen LogP contribution in [0.1, 0.15) is 48.2 Å². The van der Waals surface area contributed by atoms with E-state index in [0.717, 1.165) is 21.4 Å². The van der Waals surface area contributed by atoms with Gasteiger partial charge in [0.25, 0.3) is 11.8 Å². The SMILES string of the molecule is CC(C)C(NC(=O)c1cc(C(F)(F)F)ccc1F)C(=O)N1CCC2(CC1)C(=O)N(C)C(=O)N2Cc1ccc2[nH]ncc2c1. The highest BCUT2D eigenvalue weighted by Gasteiger charge is 2.57. The monoisotopic (exact) mass is 602 g/mol. The number of halogens is 4. The fourth-order valence-corrected chi connectivity index (χ4v) is 5.76. The highest BCUT2D eigenvalue weighted by Crippen LogP contribution is 2.38. The number of aromatic nitrogens is 2. The van der Waals surface area contributed by atoms with E-state index < -0.39 is 58.5 Å². The lowest BCUT2D eigenvalue weighted by molar-refractivity contribution is -0.142. The molecule has 5 rings (SSSR count). The molecule has 2 aliphatic heterocycles. The topological polar surface area (TPSA) is 119 Å². The van der Waals surface area contributed by atoms with Gasteiger partial charge in [-0.3, -0.25) is 24.4 Å². The van der Waals surface area contributed by atoms with Crippen molar-refractivity contribution in [2.24, 2.45) is 5.92 Å². The van der Waals surface area contributed by atoms with Crippen LogP contribution in [-0.4, -0.2) is 80.4 Å². The van der Waals surface area contributed by atoms with E-state index in [-0.39, 0.29) is 38.4 Å². The highest BCUT2D eigenvalue weighted by molar-refractivity contribution is 6.07. The second kappa shape index (κ2) is 11.0. The number of nitrogens with zero attached hydrogens (tertiary/aromatic N) is 4. The number of H-pyrrole nitrogens is 1. The molecule has 0 aliphatic carbocycles. The zero-order chi connectivity index (χ0) is 31.3. The van der Waals surface area contributed by atoms with E-state index in [1.807, 2.05) is 18.2 Å². The Kier molecular flexibility index (Phi) is 7.65. The lowest BCUT2D eigenvalue weighted by atomic mass is 9.85. The van der Waals surface area contributed by atoms with Crippen LogP contribution in [0.2, 0.25) is 0 Å². The van der Waals surface area contributed by atoms with Crippen molar-refractivity contribution in [1.29, 1.82) is 0 Å². The Morgan fingerprint density at radius 3 is 2.44 bits per heavy atom. The molecule has 1 atom stereocenters. The third-order valence-corrected chi connectivity index (χ3v) is 8.24. The summed E-state index contributed by atoms with van der Waals surface area (Å²) in [7, 11) is 1.42. The number of likely N-dealkylation sites (tertiary alicyclic amines) is 1. The zero-order valence-corrected chi connectivity index (χ0v) is 23.7. The predicted octanol–water partition coefficient (Wildman–Crippen LogP) is 3.93. The minimum absolute atomic E-state index is 0.0833. The van der Waals surface area contributed by atoms with Gasteiger partial charge in [-0.2, -0.15) is 18.3 Å². The van der Waals surface area contributed by atoms with Gasteiger partial charge in [0, 0.05) is 32.1 Å². The Labute approximate surface area is 244 Å². The zero-order valence-electron chi connectivity index (χ0n) is 23.7. The first kappa shape index (κ1) is 30.0. The molecule has 43 heavy (non-hydrogen) atoms. The Morgan fingerprint density at radius 1 is 1.09 bits per heavy atom. The molecule has 2 saturated heterocycles. The van der Waals surface area contributed by atoms with Crippen LogP contribution in [-0.2, 0) is 22.3 Å². The quantitative estimate of drug-likeness (QED) is 0.328. The number of hydrogen-bond donors (Lipinski definition) is 2. The summed E-state index contributed by atoms with van der Waals surface area (Å²) in [6.07, 6.45) is -2.84. The molecule has 0 radical (unpaired) electrons. The van der Waals surface area contributed by atoms with Crippen molar-refractivity contribution in [3.63, 3.8) is 0 Å². The third-order valence-electron chi connectivity index (χ3n) is 8.24. The number of hydrogen-bond acceptors (Lipinski definition) is 5. The first-order chi connectivity index (χ1) is 20.2. The first-order valence-corrected chi connectivity index (χ1v) is 13.7. The second-order valence-electron chi connectivity index (χ2n) is 11.3. The van der Waals surface area contributed by atoms with E-state index in [2.05, 4.69) is 15.5 Å². The van der Waals surface area contributed by atoms with Crippen LogP contribution in [0.4, 0.5) is 22.4 Å². The van der Waals surface area contributed by atoms with Crippen molar-refractivity contribution < 1.29 is 36.7 Å². The number of imide groups is 1. The Balaban J connectivity index is 1.32. The number of alkyl halides is 3. The molecule has 3 aromatic rings. The molecule has 14 heteroatoms. The molecule has 2 N–H and O–H groups in total. The smallest absolute Gasteiger partial charge is 0.341 e. The number of rotatable bonds is 6. The number of carbonyl (C=O) groups is 4. The molecule has 10 nitrogen and oxygen atoms in total. The first-order valence-electron chi connectivity index (χ1n) is 13.7. The van der Waals surface area contributed by atoms with Gasteiger partial charge in [-0.15, -0.1) is 0 Å². The average molecular weight is 603 g/mol. The lowest BCUT2D eigenvalue weighted by Crippen LogP contribution is -2.60. The Morgan fingerprint density at radius 2 is 1.79 bits per heavy atom. The fourth-order valence-electron chi connectivity index (χ4n) is 5.76. The van der Waals surface area contributed by atoms with Crippen molar-refractivity contribution in [2.45, 2.75) is 51.0 Å². The van der Waals surface area contributed by atoms with Crippen molar-refractivity contribution in [3.05, 3.63) is 65.1 Å². The van der Waals surface area contributed by atoms with Gasteiger partial charge in [0.05, 0.1) is 22.8 Å². The molecular formula is C29H30F4N6O4. The minimum Gasteiger partial charge on any atom is -0.341 e. The third kappa shape index (κ3) is 5.41. The summed E-state index contributed by atoms with van der Waals surface area (Å²) in [5.41, 5.74) is -1.57.